The van der Waals surface area contributed by atoms with E-state index in [4.69, 9.17) is 17.3 Å². The largest absolute Gasteiger partial charge is 0.370 e. The highest BCUT2D eigenvalue weighted by Gasteiger charge is 2.21. The molecule has 0 aromatic heterocycles. The lowest BCUT2D eigenvalue weighted by Crippen LogP contribution is -2.29. The summed E-state index contributed by atoms with van der Waals surface area (Å²) >= 11 is 6.40. The SMILES string of the molecule is CC(N)Cc1ccc(N(C)C2CCCC2)c(Cl)c1. The van der Waals surface area contributed by atoms with Gasteiger partial charge in [-0.05, 0) is 43.9 Å². The van der Waals surface area contributed by atoms with E-state index in [0.29, 0.717) is 6.04 Å². The highest BCUT2D eigenvalue weighted by molar-refractivity contribution is 6.33. The number of halogens is 1. The van der Waals surface area contributed by atoms with Gasteiger partial charge in [-0.15, -0.1) is 0 Å². The van der Waals surface area contributed by atoms with Crippen molar-refractivity contribution in [3.63, 3.8) is 0 Å². The lowest BCUT2D eigenvalue weighted by molar-refractivity contribution is 0.653. The normalized spacial score (nSPS) is 18.0. The van der Waals surface area contributed by atoms with Crippen LogP contribution in [-0.2, 0) is 6.42 Å². The predicted octanol–water partition coefficient (Wildman–Crippen LogP) is 3.61. The fourth-order valence-corrected chi connectivity index (χ4v) is 3.16. The minimum atomic E-state index is 0.180. The van der Waals surface area contributed by atoms with Crippen molar-refractivity contribution in [2.24, 2.45) is 5.73 Å². The molecule has 1 aromatic rings. The van der Waals surface area contributed by atoms with Crippen LogP contribution in [0.5, 0.6) is 0 Å². The van der Waals surface area contributed by atoms with Gasteiger partial charge in [0.15, 0.2) is 0 Å². The number of nitrogens with zero attached hydrogens (tertiary/aromatic N) is 1. The van der Waals surface area contributed by atoms with Crippen molar-refractivity contribution >= 4 is 17.3 Å². The van der Waals surface area contributed by atoms with Crippen LogP contribution in [0.4, 0.5) is 5.69 Å². The van der Waals surface area contributed by atoms with Gasteiger partial charge < -0.3 is 10.6 Å². The van der Waals surface area contributed by atoms with E-state index >= 15 is 0 Å². The topological polar surface area (TPSA) is 29.3 Å². The van der Waals surface area contributed by atoms with E-state index in [2.05, 4.69) is 30.1 Å². The third kappa shape index (κ3) is 3.18. The molecule has 0 saturated heterocycles. The molecule has 0 amide bonds. The van der Waals surface area contributed by atoms with Gasteiger partial charge in [-0.25, -0.2) is 0 Å². The van der Waals surface area contributed by atoms with E-state index in [9.17, 15) is 0 Å². The second kappa shape index (κ2) is 5.94. The van der Waals surface area contributed by atoms with E-state index in [1.165, 1.54) is 31.2 Å². The van der Waals surface area contributed by atoms with Gasteiger partial charge >= 0.3 is 0 Å². The van der Waals surface area contributed by atoms with E-state index in [1.54, 1.807) is 0 Å². The van der Waals surface area contributed by atoms with E-state index < -0.39 is 0 Å². The average molecular weight is 267 g/mol. The molecule has 18 heavy (non-hydrogen) atoms. The fraction of sp³-hybridized carbons (Fsp3) is 0.600. The number of hydrogen-bond acceptors (Lipinski definition) is 2. The summed E-state index contributed by atoms with van der Waals surface area (Å²) in [4.78, 5) is 2.34. The summed E-state index contributed by atoms with van der Waals surface area (Å²) in [5.74, 6) is 0. The zero-order valence-electron chi connectivity index (χ0n) is 11.3. The molecule has 1 aliphatic carbocycles. The van der Waals surface area contributed by atoms with Gasteiger partial charge in [0, 0.05) is 19.1 Å². The number of benzene rings is 1. The van der Waals surface area contributed by atoms with Gasteiger partial charge in [0.2, 0.25) is 0 Å². The van der Waals surface area contributed by atoms with Crippen molar-refractivity contribution in [1.82, 2.24) is 0 Å². The third-order valence-corrected chi connectivity index (χ3v) is 4.12. The molecular formula is C15H23ClN2. The minimum Gasteiger partial charge on any atom is -0.370 e. The van der Waals surface area contributed by atoms with Crippen LogP contribution in [0.1, 0.15) is 38.2 Å². The van der Waals surface area contributed by atoms with Crippen LogP contribution >= 0.6 is 11.6 Å². The Morgan fingerprint density at radius 1 is 1.39 bits per heavy atom. The second-order valence-corrected chi connectivity index (χ2v) is 5.92. The molecule has 2 N–H and O–H groups in total. The maximum absolute atomic E-state index is 6.40. The molecule has 0 radical (unpaired) electrons. The molecule has 100 valence electrons. The maximum atomic E-state index is 6.40. The zero-order chi connectivity index (χ0) is 13.1. The first kappa shape index (κ1) is 13.7. The van der Waals surface area contributed by atoms with Gasteiger partial charge in [-0.1, -0.05) is 30.5 Å². The monoisotopic (exact) mass is 266 g/mol. The van der Waals surface area contributed by atoms with Crippen LogP contribution in [0.2, 0.25) is 5.02 Å². The molecule has 0 heterocycles. The highest BCUT2D eigenvalue weighted by Crippen LogP contribution is 2.32. The second-order valence-electron chi connectivity index (χ2n) is 5.52. The molecule has 2 nitrogen and oxygen atoms in total. The summed E-state index contributed by atoms with van der Waals surface area (Å²) < 4.78 is 0. The minimum absolute atomic E-state index is 0.180. The quantitative estimate of drug-likeness (QED) is 0.902. The summed E-state index contributed by atoms with van der Waals surface area (Å²) in [6, 6.07) is 7.18. The Labute approximate surface area is 115 Å². The van der Waals surface area contributed by atoms with Crippen LogP contribution in [0, 0.1) is 0 Å². The van der Waals surface area contributed by atoms with Crippen molar-refractivity contribution in [1.29, 1.82) is 0 Å². The standard InChI is InChI=1S/C15H23ClN2/c1-11(17)9-12-7-8-15(14(16)10-12)18(2)13-5-3-4-6-13/h7-8,10-11,13H,3-6,9,17H2,1-2H3. The van der Waals surface area contributed by atoms with Crippen molar-refractivity contribution < 1.29 is 0 Å². The first-order valence-electron chi connectivity index (χ1n) is 6.85. The third-order valence-electron chi connectivity index (χ3n) is 3.82. The number of rotatable bonds is 4. The smallest absolute Gasteiger partial charge is 0.0642 e. The van der Waals surface area contributed by atoms with E-state index in [-0.39, 0.29) is 6.04 Å². The molecule has 1 saturated carbocycles. The van der Waals surface area contributed by atoms with Gasteiger partial charge in [0.05, 0.1) is 10.7 Å². The summed E-state index contributed by atoms with van der Waals surface area (Å²) in [5, 5.41) is 0.850. The van der Waals surface area contributed by atoms with Crippen LogP contribution in [0.3, 0.4) is 0 Å². The molecule has 3 heteroatoms. The molecule has 1 fully saturated rings. The van der Waals surface area contributed by atoms with Gasteiger partial charge in [0.1, 0.15) is 0 Å². The van der Waals surface area contributed by atoms with Crippen LogP contribution in [0.15, 0.2) is 18.2 Å². The zero-order valence-corrected chi connectivity index (χ0v) is 12.1. The lowest BCUT2D eigenvalue weighted by atomic mass is 10.1. The number of nitrogens with two attached hydrogens (primary N) is 1. The number of hydrogen-bond donors (Lipinski definition) is 1. The van der Waals surface area contributed by atoms with E-state index in [0.717, 1.165) is 17.1 Å². The molecule has 0 spiro atoms. The Balaban J connectivity index is 2.13. The van der Waals surface area contributed by atoms with Crippen molar-refractivity contribution in [3.8, 4) is 0 Å². The Morgan fingerprint density at radius 2 is 2.06 bits per heavy atom. The fourth-order valence-electron chi connectivity index (χ4n) is 2.82. The van der Waals surface area contributed by atoms with Crippen LogP contribution in [-0.4, -0.2) is 19.1 Å². The van der Waals surface area contributed by atoms with Crippen LogP contribution in [0.25, 0.3) is 0 Å². The first-order valence-corrected chi connectivity index (χ1v) is 7.22. The Hall–Kier alpha value is -0.730. The van der Waals surface area contributed by atoms with Crippen molar-refractivity contribution in [2.45, 2.75) is 51.1 Å². The molecule has 0 bridgehead atoms. The van der Waals surface area contributed by atoms with Crippen LogP contribution < -0.4 is 10.6 Å². The maximum Gasteiger partial charge on any atom is 0.0642 e. The lowest BCUT2D eigenvalue weighted by Gasteiger charge is -2.27. The summed E-state index contributed by atoms with van der Waals surface area (Å²) in [6.07, 6.45) is 6.14. The Bertz CT molecular complexity index is 397. The van der Waals surface area contributed by atoms with Gasteiger partial charge in [0.25, 0.3) is 0 Å². The van der Waals surface area contributed by atoms with Crippen molar-refractivity contribution in [3.05, 3.63) is 28.8 Å². The highest BCUT2D eigenvalue weighted by atomic mass is 35.5. The Kier molecular flexibility index (Phi) is 4.52. The molecule has 0 aliphatic heterocycles. The average Bonchev–Trinajstić information content (AvgIpc) is 2.80. The molecule has 1 aromatic carbocycles. The molecule has 1 unspecified atom stereocenters. The molecular weight excluding hydrogens is 244 g/mol. The summed E-state index contributed by atoms with van der Waals surface area (Å²) in [7, 11) is 2.16. The molecule has 1 atom stereocenters. The van der Waals surface area contributed by atoms with E-state index in [1.807, 2.05) is 6.92 Å². The summed E-state index contributed by atoms with van der Waals surface area (Å²) in [5.41, 5.74) is 8.19. The Morgan fingerprint density at radius 3 is 2.61 bits per heavy atom. The van der Waals surface area contributed by atoms with Gasteiger partial charge in [-0.3, -0.25) is 0 Å². The number of anilines is 1. The summed E-state index contributed by atoms with van der Waals surface area (Å²) in [6.45, 7) is 2.02. The predicted molar refractivity (Wildman–Crippen MR) is 79.5 cm³/mol. The molecule has 1 aliphatic rings. The first-order chi connectivity index (χ1) is 8.58. The molecule has 2 rings (SSSR count). The van der Waals surface area contributed by atoms with Crippen molar-refractivity contribution in [2.75, 3.05) is 11.9 Å². The van der Waals surface area contributed by atoms with Gasteiger partial charge in [-0.2, -0.15) is 0 Å².